The Morgan fingerprint density at radius 2 is 2.14 bits per heavy atom. The summed E-state index contributed by atoms with van der Waals surface area (Å²) in [5, 5.41) is 3.15. The average Bonchev–Trinajstić information content (AvgIpc) is 2.73. The van der Waals surface area contributed by atoms with Crippen molar-refractivity contribution < 1.29 is 18.3 Å². The molecule has 0 unspecified atom stereocenters. The van der Waals surface area contributed by atoms with E-state index in [0.29, 0.717) is 17.2 Å². The van der Waals surface area contributed by atoms with Gasteiger partial charge in [0.1, 0.15) is 11.4 Å². The van der Waals surface area contributed by atoms with Crippen LogP contribution in [0, 0.1) is 0 Å². The predicted molar refractivity (Wildman–Crippen MR) is 83.4 cm³/mol. The first-order valence-electron chi connectivity index (χ1n) is 6.91. The molecule has 0 saturated carbocycles. The van der Waals surface area contributed by atoms with Gasteiger partial charge in [0.05, 0.1) is 0 Å². The molecular formula is C15H16F2N2O2S. The van der Waals surface area contributed by atoms with E-state index in [1.165, 1.54) is 17.0 Å². The van der Waals surface area contributed by atoms with Gasteiger partial charge in [0.15, 0.2) is 5.11 Å². The van der Waals surface area contributed by atoms with E-state index in [4.69, 9.17) is 12.2 Å². The van der Waals surface area contributed by atoms with Gasteiger partial charge in [-0.15, -0.1) is 0 Å². The van der Waals surface area contributed by atoms with Crippen molar-refractivity contribution in [3.63, 3.8) is 0 Å². The van der Waals surface area contributed by atoms with Crippen LogP contribution in [0.25, 0.3) is 6.08 Å². The molecule has 0 spiro atoms. The number of carbonyl (C=O) groups is 1. The number of carbonyl (C=O) groups excluding carboxylic acids is 1. The normalized spacial score (nSPS) is 16.5. The second kappa shape index (κ2) is 7.31. The first-order chi connectivity index (χ1) is 10.5. The van der Waals surface area contributed by atoms with Crippen LogP contribution < -0.4 is 10.1 Å². The Bertz CT molecular complexity index is 605. The van der Waals surface area contributed by atoms with Gasteiger partial charge in [-0.25, -0.2) is 0 Å². The summed E-state index contributed by atoms with van der Waals surface area (Å²) in [4.78, 5) is 13.8. The van der Waals surface area contributed by atoms with Gasteiger partial charge in [-0.1, -0.05) is 31.5 Å². The molecule has 4 nitrogen and oxygen atoms in total. The largest absolute Gasteiger partial charge is 0.434 e. The lowest BCUT2D eigenvalue weighted by Gasteiger charge is -2.12. The van der Waals surface area contributed by atoms with E-state index in [0.717, 1.165) is 12.8 Å². The van der Waals surface area contributed by atoms with Crippen LogP contribution in [0.15, 0.2) is 30.0 Å². The van der Waals surface area contributed by atoms with Crippen molar-refractivity contribution in [2.24, 2.45) is 0 Å². The van der Waals surface area contributed by atoms with Crippen LogP contribution >= 0.6 is 12.2 Å². The Kier molecular flexibility index (Phi) is 5.43. The molecular weight excluding hydrogens is 310 g/mol. The number of nitrogens with one attached hydrogen (secondary N) is 1. The van der Waals surface area contributed by atoms with Gasteiger partial charge in [0, 0.05) is 12.1 Å². The number of nitrogens with zero attached hydrogens (tertiary/aromatic N) is 1. The van der Waals surface area contributed by atoms with Crippen LogP contribution in [-0.4, -0.2) is 29.1 Å². The monoisotopic (exact) mass is 326 g/mol. The first-order valence-corrected chi connectivity index (χ1v) is 7.32. The second-order valence-electron chi connectivity index (χ2n) is 4.71. The van der Waals surface area contributed by atoms with Crippen molar-refractivity contribution in [1.29, 1.82) is 0 Å². The molecule has 7 heteroatoms. The Morgan fingerprint density at radius 1 is 1.41 bits per heavy atom. The number of ether oxygens (including phenoxy) is 1. The standard InChI is InChI=1S/C15H16F2N2O2S/c1-2-3-8-19-13(20)11(18-15(19)22)9-10-6-4-5-7-12(10)21-14(16)17/h4-7,9,14H,2-3,8H2,1H3,(H,18,22). The van der Waals surface area contributed by atoms with Crippen molar-refractivity contribution in [1.82, 2.24) is 10.2 Å². The fourth-order valence-corrected chi connectivity index (χ4v) is 2.33. The summed E-state index contributed by atoms with van der Waals surface area (Å²) in [5.41, 5.74) is 0.644. The van der Waals surface area contributed by atoms with Gasteiger partial charge >= 0.3 is 6.61 Å². The van der Waals surface area contributed by atoms with Crippen LogP contribution in [-0.2, 0) is 4.79 Å². The Morgan fingerprint density at radius 3 is 2.82 bits per heavy atom. The number of halogens is 2. The van der Waals surface area contributed by atoms with Gasteiger partial charge in [-0.05, 0) is 30.8 Å². The van der Waals surface area contributed by atoms with Gasteiger partial charge < -0.3 is 10.1 Å². The summed E-state index contributed by atoms with van der Waals surface area (Å²) >= 11 is 5.13. The van der Waals surface area contributed by atoms with Crippen LogP contribution in [0.1, 0.15) is 25.3 Å². The topological polar surface area (TPSA) is 41.6 Å². The highest BCUT2D eigenvalue weighted by Gasteiger charge is 2.30. The summed E-state index contributed by atoms with van der Waals surface area (Å²) in [7, 11) is 0. The van der Waals surface area contributed by atoms with E-state index in [1.807, 2.05) is 6.92 Å². The quantitative estimate of drug-likeness (QED) is 0.644. The number of rotatable bonds is 6. The number of thiocarbonyl (C=S) groups is 1. The van der Waals surface area contributed by atoms with E-state index >= 15 is 0 Å². The predicted octanol–water partition coefficient (Wildman–Crippen LogP) is 3.15. The highest BCUT2D eigenvalue weighted by atomic mass is 32.1. The number of alkyl halides is 2. The number of para-hydroxylation sites is 1. The Balaban J connectivity index is 2.23. The van der Waals surface area contributed by atoms with E-state index in [9.17, 15) is 13.6 Å². The highest BCUT2D eigenvalue weighted by molar-refractivity contribution is 7.80. The molecule has 1 fully saturated rings. The molecule has 1 amide bonds. The second-order valence-corrected chi connectivity index (χ2v) is 5.10. The summed E-state index contributed by atoms with van der Waals surface area (Å²) in [5.74, 6) is -0.247. The van der Waals surface area contributed by atoms with Crippen LogP contribution in [0.3, 0.4) is 0 Å². The summed E-state index contributed by atoms with van der Waals surface area (Å²) in [6.07, 6.45) is 3.25. The zero-order valence-corrected chi connectivity index (χ0v) is 12.8. The Hall–Kier alpha value is -2.02. The van der Waals surface area contributed by atoms with Crippen molar-refractivity contribution in [3.05, 3.63) is 35.5 Å². The molecule has 0 atom stereocenters. The molecule has 0 aliphatic carbocycles. The minimum Gasteiger partial charge on any atom is -0.434 e. The van der Waals surface area contributed by atoms with E-state index in [1.54, 1.807) is 18.2 Å². The van der Waals surface area contributed by atoms with Crippen LogP contribution in [0.2, 0.25) is 0 Å². The highest BCUT2D eigenvalue weighted by Crippen LogP contribution is 2.24. The maximum absolute atomic E-state index is 12.4. The fraction of sp³-hybridized carbons (Fsp3) is 0.333. The van der Waals surface area contributed by atoms with Crippen LogP contribution in [0.4, 0.5) is 8.78 Å². The van der Waals surface area contributed by atoms with Gasteiger partial charge in [0.2, 0.25) is 0 Å². The molecule has 1 aromatic carbocycles. The Labute approximate surface area is 132 Å². The number of hydrogen-bond acceptors (Lipinski definition) is 3. The minimum atomic E-state index is -2.92. The number of benzene rings is 1. The third-order valence-corrected chi connectivity index (χ3v) is 3.45. The van der Waals surface area contributed by atoms with E-state index in [-0.39, 0.29) is 17.4 Å². The van der Waals surface area contributed by atoms with E-state index < -0.39 is 6.61 Å². The third-order valence-electron chi connectivity index (χ3n) is 3.13. The van der Waals surface area contributed by atoms with Crippen LogP contribution in [0.5, 0.6) is 5.75 Å². The minimum absolute atomic E-state index is 0.0116. The lowest BCUT2D eigenvalue weighted by molar-refractivity contribution is -0.122. The molecule has 1 aliphatic heterocycles. The lowest BCUT2D eigenvalue weighted by Crippen LogP contribution is -2.31. The van der Waals surface area contributed by atoms with Gasteiger partial charge in [-0.3, -0.25) is 9.69 Å². The molecule has 1 aliphatic rings. The maximum Gasteiger partial charge on any atom is 0.387 e. The van der Waals surface area contributed by atoms with Crippen molar-refractivity contribution in [3.8, 4) is 5.75 Å². The molecule has 22 heavy (non-hydrogen) atoms. The molecule has 1 N–H and O–H groups in total. The summed E-state index contributed by atoms with van der Waals surface area (Å²) < 4.78 is 29.2. The summed E-state index contributed by atoms with van der Waals surface area (Å²) in [6, 6.07) is 6.28. The SMILES string of the molecule is CCCCN1C(=O)C(=Cc2ccccc2OC(F)F)NC1=S. The number of amides is 1. The summed E-state index contributed by atoms with van der Waals surface area (Å²) in [6.45, 7) is -0.367. The average molecular weight is 326 g/mol. The molecule has 1 heterocycles. The molecule has 1 saturated heterocycles. The van der Waals surface area contributed by atoms with Gasteiger partial charge in [-0.2, -0.15) is 8.78 Å². The van der Waals surface area contributed by atoms with Crippen molar-refractivity contribution in [2.75, 3.05) is 6.54 Å². The number of unbranched alkanes of at least 4 members (excludes halogenated alkanes) is 1. The molecule has 118 valence electrons. The smallest absolute Gasteiger partial charge is 0.387 e. The molecule has 1 aromatic rings. The zero-order chi connectivity index (χ0) is 16.1. The van der Waals surface area contributed by atoms with E-state index in [2.05, 4.69) is 10.1 Å². The maximum atomic E-state index is 12.4. The number of hydrogen-bond donors (Lipinski definition) is 1. The molecule has 0 bridgehead atoms. The molecule has 2 rings (SSSR count). The third kappa shape index (κ3) is 3.79. The van der Waals surface area contributed by atoms with Crippen molar-refractivity contribution in [2.45, 2.75) is 26.4 Å². The first kappa shape index (κ1) is 16.4. The zero-order valence-electron chi connectivity index (χ0n) is 12.0. The lowest BCUT2D eigenvalue weighted by atomic mass is 10.1. The fourth-order valence-electron chi connectivity index (χ4n) is 2.05. The van der Waals surface area contributed by atoms with Gasteiger partial charge in [0.25, 0.3) is 5.91 Å². The molecule has 0 aromatic heterocycles. The molecule has 0 radical (unpaired) electrons. The van der Waals surface area contributed by atoms with Crippen molar-refractivity contribution >= 4 is 29.3 Å².